The van der Waals surface area contributed by atoms with Crippen molar-refractivity contribution in [3.63, 3.8) is 0 Å². The lowest BCUT2D eigenvalue weighted by atomic mass is 9.46. The fourth-order valence-electron chi connectivity index (χ4n) is 7.71. The number of hydrogen-bond acceptors (Lipinski definition) is 6. The second-order valence-electron chi connectivity index (χ2n) is 11.5. The van der Waals surface area contributed by atoms with Crippen LogP contribution in [0.15, 0.2) is 16.8 Å². The fourth-order valence-corrected chi connectivity index (χ4v) is 7.71. The number of primary amides is 1. The number of aliphatic hydroxyl groups is 1. The number of hydrogen-bond donors (Lipinski definition) is 4. The lowest BCUT2D eigenvalue weighted by Crippen LogP contribution is -2.54. The van der Waals surface area contributed by atoms with Gasteiger partial charge in [-0.15, -0.1) is 6.42 Å². The van der Waals surface area contributed by atoms with E-state index in [0.717, 1.165) is 50.7 Å². The minimum absolute atomic E-state index is 0.0704. The Morgan fingerprint density at radius 2 is 1.94 bits per heavy atom. The second kappa shape index (κ2) is 9.55. The number of nitrogens with two attached hydrogens (primary N) is 1. The predicted molar refractivity (Wildman–Crippen MR) is 132 cm³/mol. The van der Waals surface area contributed by atoms with Gasteiger partial charge in [-0.1, -0.05) is 30.5 Å². The minimum Gasteiger partial charge on any atom is -0.480 e. The van der Waals surface area contributed by atoms with Gasteiger partial charge in [0.25, 0.3) is 5.91 Å². The number of nitrogens with zero attached hydrogens (tertiary/aromatic N) is 1. The molecule has 0 aromatic carbocycles. The van der Waals surface area contributed by atoms with Crippen molar-refractivity contribution in [2.24, 2.45) is 39.5 Å². The van der Waals surface area contributed by atoms with E-state index >= 15 is 0 Å². The SMILES string of the molecule is C#C[C@@]1(O)CCC2C3CCC4=C/C(=N/OCC(=O)NC(CC(N)=O)C(=O)O)CC[C@]4(C)C3CC[C@@]21C. The lowest BCUT2D eigenvalue weighted by Gasteiger charge is -2.58. The van der Waals surface area contributed by atoms with E-state index in [-0.39, 0.29) is 10.8 Å². The number of rotatable bonds is 7. The first-order valence-corrected chi connectivity index (χ1v) is 12.8. The van der Waals surface area contributed by atoms with Gasteiger partial charge in [0.15, 0.2) is 6.61 Å². The Bertz CT molecular complexity index is 1050. The number of aliphatic carboxylic acids is 1. The summed E-state index contributed by atoms with van der Waals surface area (Å²) < 4.78 is 0. The molecule has 0 bridgehead atoms. The highest BCUT2D eigenvalue weighted by Gasteiger charge is 2.63. The number of terminal acetylenes is 1. The summed E-state index contributed by atoms with van der Waals surface area (Å²) in [4.78, 5) is 39.4. The Labute approximate surface area is 211 Å². The van der Waals surface area contributed by atoms with E-state index in [1.807, 2.05) is 0 Å². The third kappa shape index (κ3) is 4.40. The number of carbonyl (C=O) groups excluding carboxylic acids is 2. The molecular formula is C27H37N3O6. The first-order chi connectivity index (χ1) is 16.9. The van der Waals surface area contributed by atoms with E-state index in [1.165, 1.54) is 5.57 Å². The van der Waals surface area contributed by atoms with Gasteiger partial charge in [-0.3, -0.25) is 9.59 Å². The van der Waals surface area contributed by atoms with Crippen molar-refractivity contribution in [2.45, 2.75) is 83.3 Å². The highest BCUT2D eigenvalue weighted by molar-refractivity contribution is 5.96. The van der Waals surface area contributed by atoms with E-state index in [0.29, 0.717) is 24.2 Å². The maximum Gasteiger partial charge on any atom is 0.326 e. The molecule has 4 aliphatic rings. The van der Waals surface area contributed by atoms with Crippen LogP contribution in [0.1, 0.15) is 71.6 Å². The summed E-state index contributed by atoms with van der Waals surface area (Å²) >= 11 is 0. The lowest BCUT2D eigenvalue weighted by molar-refractivity contribution is -0.144. The molecule has 0 aromatic rings. The van der Waals surface area contributed by atoms with E-state index in [4.69, 9.17) is 22.1 Å². The summed E-state index contributed by atoms with van der Waals surface area (Å²) in [5, 5.41) is 26.6. The topological polar surface area (TPSA) is 151 Å². The van der Waals surface area contributed by atoms with Crippen molar-refractivity contribution in [3.8, 4) is 12.3 Å². The number of fused-ring (bicyclic) bond motifs is 5. The molecule has 36 heavy (non-hydrogen) atoms. The number of allylic oxidation sites excluding steroid dienone is 2. The van der Waals surface area contributed by atoms with Gasteiger partial charge in [0.1, 0.15) is 11.6 Å². The van der Waals surface area contributed by atoms with Crippen molar-refractivity contribution in [1.82, 2.24) is 5.32 Å². The fraction of sp³-hybridized carbons (Fsp3) is 0.704. The molecule has 0 spiro atoms. The number of carboxylic acids is 1. The van der Waals surface area contributed by atoms with Gasteiger partial charge in [0.2, 0.25) is 5.91 Å². The zero-order valence-electron chi connectivity index (χ0n) is 21.1. The van der Waals surface area contributed by atoms with E-state index in [1.54, 1.807) is 0 Å². The van der Waals surface area contributed by atoms with Crippen LogP contribution in [-0.4, -0.2) is 52.0 Å². The van der Waals surface area contributed by atoms with Crippen LogP contribution in [0.3, 0.4) is 0 Å². The number of oxime groups is 1. The minimum atomic E-state index is -1.40. The zero-order chi connectivity index (χ0) is 26.3. The van der Waals surface area contributed by atoms with Crippen LogP contribution in [0.5, 0.6) is 0 Å². The van der Waals surface area contributed by atoms with E-state index in [2.05, 4.69) is 36.3 Å². The van der Waals surface area contributed by atoms with Crippen LogP contribution < -0.4 is 11.1 Å². The van der Waals surface area contributed by atoms with Crippen molar-refractivity contribution in [3.05, 3.63) is 11.6 Å². The predicted octanol–water partition coefficient (Wildman–Crippen LogP) is 2.13. The summed E-state index contributed by atoms with van der Waals surface area (Å²) in [6, 6.07) is -1.40. The molecule has 0 aliphatic heterocycles. The number of carboxylic acid groups (broad SMARTS) is 1. The van der Waals surface area contributed by atoms with E-state index in [9.17, 15) is 19.5 Å². The molecule has 7 atom stereocenters. The summed E-state index contributed by atoms with van der Waals surface area (Å²) in [6.45, 7) is 4.10. The van der Waals surface area contributed by atoms with Crippen LogP contribution in [0.4, 0.5) is 0 Å². The number of amides is 2. The summed E-state index contributed by atoms with van der Waals surface area (Å²) in [7, 11) is 0. The Balaban J connectivity index is 1.40. The van der Waals surface area contributed by atoms with Gasteiger partial charge >= 0.3 is 5.97 Å². The molecule has 0 saturated heterocycles. The molecule has 0 heterocycles. The zero-order valence-corrected chi connectivity index (χ0v) is 21.1. The molecule has 9 nitrogen and oxygen atoms in total. The highest BCUT2D eigenvalue weighted by Crippen LogP contribution is 2.67. The smallest absolute Gasteiger partial charge is 0.326 e. The van der Waals surface area contributed by atoms with Crippen LogP contribution in [-0.2, 0) is 19.2 Å². The normalized spacial score (nSPS) is 39.0. The van der Waals surface area contributed by atoms with Crippen molar-refractivity contribution < 1.29 is 29.4 Å². The molecule has 196 valence electrons. The molecule has 3 fully saturated rings. The molecular weight excluding hydrogens is 462 g/mol. The van der Waals surface area contributed by atoms with Gasteiger partial charge in [0, 0.05) is 5.41 Å². The van der Waals surface area contributed by atoms with Gasteiger partial charge in [-0.25, -0.2) is 4.79 Å². The quantitative estimate of drug-likeness (QED) is 0.311. The second-order valence-corrected chi connectivity index (χ2v) is 11.5. The Morgan fingerprint density at radius 3 is 2.61 bits per heavy atom. The summed E-state index contributed by atoms with van der Waals surface area (Å²) in [5.74, 6) is 1.42. The van der Waals surface area contributed by atoms with Gasteiger partial charge in [-0.2, -0.15) is 0 Å². The standard InChI is InChI=1S/C27H37N3O6/c1-4-27(35)12-9-20-18-6-5-16-13-17(7-10-25(16,2)19(18)8-11-26(20,27)3)30-36-15-23(32)29-21(24(33)34)14-22(28)31/h1,13,18-21,35H,5-12,14-15H2,2-3H3,(H2,28,31)(H,29,32)(H,33,34)/b30-17+/t18?,19?,20?,21?,25-,26-,27+/m0/s1. The number of nitrogens with one attached hydrogen (secondary N) is 1. The first kappa shape index (κ1) is 26.2. The van der Waals surface area contributed by atoms with Crippen LogP contribution in [0, 0.1) is 40.9 Å². The third-order valence-electron chi connectivity index (χ3n) is 9.78. The van der Waals surface area contributed by atoms with Crippen molar-refractivity contribution >= 4 is 23.5 Å². The molecule has 2 amide bonds. The first-order valence-electron chi connectivity index (χ1n) is 12.8. The molecule has 5 N–H and O–H groups in total. The molecule has 0 radical (unpaired) electrons. The van der Waals surface area contributed by atoms with Gasteiger partial charge in [-0.05, 0) is 80.6 Å². The monoisotopic (exact) mass is 499 g/mol. The molecule has 4 aliphatic carbocycles. The highest BCUT2D eigenvalue weighted by atomic mass is 16.6. The Morgan fingerprint density at radius 1 is 1.22 bits per heavy atom. The molecule has 9 heteroatoms. The van der Waals surface area contributed by atoms with Crippen LogP contribution in [0.25, 0.3) is 0 Å². The van der Waals surface area contributed by atoms with E-state index < -0.39 is 42.5 Å². The molecule has 4 unspecified atom stereocenters. The van der Waals surface area contributed by atoms with Crippen molar-refractivity contribution in [1.29, 1.82) is 0 Å². The Hall–Kier alpha value is -2.86. The van der Waals surface area contributed by atoms with Crippen LogP contribution >= 0.6 is 0 Å². The average molecular weight is 500 g/mol. The largest absolute Gasteiger partial charge is 0.480 e. The number of carbonyl (C=O) groups is 3. The molecule has 3 saturated carbocycles. The molecule has 0 aromatic heterocycles. The van der Waals surface area contributed by atoms with Crippen molar-refractivity contribution in [2.75, 3.05) is 6.61 Å². The van der Waals surface area contributed by atoms with Crippen LogP contribution in [0.2, 0.25) is 0 Å². The Kier molecular flexibility index (Phi) is 6.95. The van der Waals surface area contributed by atoms with Gasteiger partial charge in [0.05, 0.1) is 12.1 Å². The molecule has 4 rings (SSSR count). The average Bonchev–Trinajstić information content (AvgIpc) is 3.09. The van der Waals surface area contributed by atoms with Gasteiger partial charge < -0.3 is 26.1 Å². The summed E-state index contributed by atoms with van der Waals surface area (Å²) in [5.41, 5.74) is 6.01. The maximum absolute atomic E-state index is 12.0. The summed E-state index contributed by atoms with van der Waals surface area (Å²) in [6.07, 6.45) is 14.7. The third-order valence-corrected chi connectivity index (χ3v) is 9.78. The maximum atomic E-state index is 12.0.